The van der Waals surface area contributed by atoms with Crippen LogP contribution in [0.2, 0.25) is 0 Å². The van der Waals surface area contributed by atoms with Crippen molar-refractivity contribution in [2.75, 3.05) is 0 Å². The molecular weight excluding hydrogens is 921 g/mol. The summed E-state index contributed by atoms with van der Waals surface area (Å²) >= 11 is 0. The highest BCUT2D eigenvalue weighted by Crippen LogP contribution is 2.49. The molecule has 0 amide bonds. The van der Waals surface area contributed by atoms with Crippen LogP contribution >= 0.6 is 0 Å². The van der Waals surface area contributed by atoms with Gasteiger partial charge < -0.3 is 0 Å². The molecule has 0 spiro atoms. The summed E-state index contributed by atoms with van der Waals surface area (Å²) in [7, 11) is -7.46. The van der Waals surface area contributed by atoms with Gasteiger partial charge in [-0.15, -0.1) is 0 Å². The molecule has 0 saturated heterocycles. The summed E-state index contributed by atoms with van der Waals surface area (Å²) in [4.78, 5) is 0.962. The van der Waals surface area contributed by atoms with Crippen LogP contribution in [0, 0.1) is 0 Å². The summed E-state index contributed by atoms with van der Waals surface area (Å²) in [5.74, 6) is 0. The van der Waals surface area contributed by atoms with Crippen molar-refractivity contribution in [3.05, 3.63) is 279 Å². The molecular formula is C66H46O4S2. The first kappa shape index (κ1) is 45.7. The summed E-state index contributed by atoms with van der Waals surface area (Å²) in [6.45, 7) is 0. The van der Waals surface area contributed by atoms with Crippen molar-refractivity contribution in [3.63, 3.8) is 0 Å². The van der Waals surface area contributed by atoms with Crippen LogP contribution in [0.3, 0.4) is 0 Å². The molecule has 0 heterocycles. The molecule has 346 valence electrons. The van der Waals surface area contributed by atoms with E-state index in [0.717, 1.165) is 89.0 Å². The molecule has 11 aromatic rings. The summed E-state index contributed by atoms with van der Waals surface area (Å²) in [6, 6.07) is 90.6. The third-order valence-corrected chi connectivity index (χ3v) is 16.8. The van der Waals surface area contributed by atoms with Gasteiger partial charge in [-0.25, -0.2) is 16.8 Å². The third-order valence-electron chi connectivity index (χ3n) is 13.2. The maximum Gasteiger partial charge on any atom is 0.206 e. The lowest BCUT2D eigenvalue weighted by molar-refractivity contribution is 0.594. The fourth-order valence-corrected chi connectivity index (χ4v) is 12.3. The van der Waals surface area contributed by atoms with Crippen LogP contribution in [0.5, 0.6) is 0 Å². The number of hydrogen-bond acceptors (Lipinski definition) is 4. The molecule has 0 aliphatic heterocycles. The second kappa shape index (κ2) is 19.6. The van der Waals surface area contributed by atoms with Crippen molar-refractivity contribution in [3.8, 4) is 89.0 Å². The number of benzene rings is 11. The zero-order valence-electron chi connectivity index (χ0n) is 39.0. The smallest absolute Gasteiger partial charge is 0.206 e. The maximum absolute atomic E-state index is 13.8. The van der Waals surface area contributed by atoms with Gasteiger partial charge in [-0.1, -0.05) is 231 Å². The van der Waals surface area contributed by atoms with Gasteiger partial charge in [0.15, 0.2) is 0 Å². The molecule has 0 bridgehead atoms. The Hall–Kier alpha value is -8.68. The molecule has 0 unspecified atom stereocenters. The van der Waals surface area contributed by atoms with Gasteiger partial charge in [-0.3, -0.25) is 0 Å². The van der Waals surface area contributed by atoms with Crippen LogP contribution < -0.4 is 0 Å². The van der Waals surface area contributed by atoms with E-state index in [1.807, 2.05) is 72.8 Å². The van der Waals surface area contributed by atoms with Crippen LogP contribution in [0.15, 0.2) is 299 Å². The SMILES string of the molecule is O=S(=O)(c1ccccc1)c1ccc(-c2ccc(-c3ccccc3)c(-c3ccc(-c4c(-c5ccc(S(=O)(=O)c6ccccc6)cc5)ccc(-c5ccccc5)c4-c4ccccc4)cc3)c2-c2ccccc2)cc1. The normalized spacial score (nSPS) is 11.6. The first-order valence-corrected chi connectivity index (χ1v) is 26.7. The first-order valence-electron chi connectivity index (χ1n) is 23.7. The second-order valence-corrected chi connectivity index (χ2v) is 21.4. The van der Waals surface area contributed by atoms with Gasteiger partial charge in [0, 0.05) is 0 Å². The Bertz CT molecular complexity index is 3910. The highest BCUT2D eigenvalue weighted by Gasteiger charge is 2.24. The van der Waals surface area contributed by atoms with Crippen LogP contribution in [-0.4, -0.2) is 16.8 Å². The Morgan fingerprint density at radius 1 is 0.167 bits per heavy atom. The predicted molar refractivity (Wildman–Crippen MR) is 294 cm³/mol. The lowest BCUT2D eigenvalue weighted by Crippen LogP contribution is -2.01. The minimum atomic E-state index is -3.74. The van der Waals surface area contributed by atoms with E-state index < -0.39 is 19.7 Å². The van der Waals surface area contributed by atoms with Gasteiger partial charge in [-0.2, -0.15) is 0 Å². The van der Waals surface area contributed by atoms with Crippen molar-refractivity contribution in [2.24, 2.45) is 0 Å². The van der Waals surface area contributed by atoms with Crippen LogP contribution in [0.1, 0.15) is 0 Å². The number of hydrogen-bond donors (Lipinski definition) is 0. The molecule has 72 heavy (non-hydrogen) atoms. The molecule has 0 aliphatic rings. The zero-order valence-corrected chi connectivity index (χ0v) is 40.6. The lowest BCUT2D eigenvalue weighted by atomic mass is 9.81. The van der Waals surface area contributed by atoms with Gasteiger partial charge in [0.05, 0.1) is 19.6 Å². The molecule has 0 atom stereocenters. The van der Waals surface area contributed by atoms with E-state index in [9.17, 15) is 16.8 Å². The third kappa shape index (κ3) is 8.79. The van der Waals surface area contributed by atoms with Crippen molar-refractivity contribution < 1.29 is 16.8 Å². The fraction of sp³-hybridized carbons (Fsp3) is 0. The van der Waals surface area contributed by atoms with Crippen molar-refractivity contribution in [1.29, 1.82) is 0 Å². The van der Waals surface area contributed by atoms with E-state index in [1.54, 1.807) is 72.8 Å². The Kier molecular flexibility index (Phi) is 12.5. The van der Waals surface area contributed by atoms with Gasteiger partial charge in [0.1, 0.15) is 0 Å². The number of rotatable bonds is 12. The Labute approximate surface area is 421 Å². The Balaban J connectivity index is 1.11. The highest BCUT2D eigenvalue weighted by molar-refractivity contribution is 7.91. The molecule has 0 radical (unpaired) electrons. The first-order chi connectivity index (χ1) is 35.3. The standard InChI is InChI=1S/C66H46O4S2/c67-71(68,55-27-15-5-16-28-55)57-39-35-49(36-40-57)61-45-44-60(48-21-9-2-10-22-48)65(64(61)52-25-13-4-14-26-52)53-31-33-54(34-32-53)66-62(50-37-41-58(42-38-50)72(69,70)56-29-17-6-18-30-56)46-43-59(47-19-7-1-8-20-47)63(66)51-23-11-3-12-24-51/h1-46H. The van der Waals surface area contributed by atoms with Gasteiger partial charge in [0.2, 0.25) is 19.7 Å². The fourth-order valence-electron chi connectivity index (χ4n) is 9.71. The molecule has 0 aromatic heterocycles. The molecule has 11 rings (SSSR count). The van der Waals surface area contributed by atoms with Gasteiger partial charge in [0.25, 0.3) is 0 Å². The lowest BCUT2D eigenvalue weighted by Gasteiger charge is -2.22. The van der Waals surface area contributed by atoms with Crippen LogP contribution in [0.25, 0.3) is 89.0 Å². The van der Waals surface area contributed by atoms with E-state index in [1.165, 1.54) is 0 Å². The van der Waals surface area contributed by atoms with Crippen molar-refractivity contribution >= 4 is 19.7 Å². The summed E-state index contributed by atoms with van der Waals surface area (Å²) in [6.07, 6.45) is 0. The van der Waals surface area contributed by atoms with Crippen molar-refractivity contribution in [1.82, 2.24) is 0 Å². The average molecular weight is 967 g/mol. The van der Waals surface area contributed by atoms with Gasteiger partial charge >= 0.3 is 0 Å². The largest absolute Gasteiger partial charge is 0.219 e. The highest BCUT2D eigenvalue weighted by atomic mass is 32.2. The van der Waals surface area contributed by atoms with Crippen LogP contribution in [-0.2, 0) is 19.7 Å². The molecule has 0 fully saturated rings. The molecule has 4 nitrogen and oxygen atoms in total. The minimum Gasteiger partial charge on any atom is -0.219 e. The molecule has 11 aromatic carbocycles. The summed E-state index contributed by atoms with van der Waals surface area (Å²) in [5.41, 5.74) is 16.1. The molecule has 0 saturated carbocycles. The van der Waals surface area contributed by atoms with E-state index in [4.69, 9.17) is 0 Å². The van der Waals surface area contributed by atoms with Crippen molar-refractivity contribution in [2.45, 2.75) is 19.6 Å². The molecule has 6 heteroatoms. The maximum atomic E-state index is 13.8. The van der Waals surface area contributed by atoms with Crippen LogP contribution in [0.4, 0.5) is 0 Å². The Morgan fingerprint density at radius 3 is 0.611 bits per heavy atom. The minimum absolute atomic E-state index is 0.228. The topological polar surface area (TPSA) is 68.3 Å². The number of sulfone groups is 2. The quantitative estimate of drug-likeness (QED) is 0.122. The predicted octanol–water partition coefficient (Wildman–Crippen LogP) is 16.7. The van der Waals surface area contributed by atoms with E-state index in [2.05, 4.69) is 133 Å². The summed E-state index contributed by atoms with van der Waals surface area (Å²) < 4.78 is 55.0. The zero-order chi connectivity index (χ0) is 49.1. The second-order valence-electron chi connectivity index (χ2n) is 17.5. The van der Waals surface area contributed by atoms with Gasteiger partial charge in [-0.05, 0) is 138 Å². The summed E-state index contributed by atoms with van der Waals surface area (Å²) in [5, 5.41) is 0. The van der Waals surface area contributed by atoms with E-state index in [-0.39, 0.29) is 19.6 Å². The monoisotopic (exact) mass is 966 g/mol. The average Bonchev–Trinajstić information content (AvgIpc) is 3.46. The Morgan fingerprint density at radius 2 is 0.347 bits per heavy atom. The molecule has 0 aliphatic carbocycles. The van der Waals surface area contributed by atoms with E-state index >= 15 is 0 Å². The van der Waals surface area contributed by atoms with E-state index in [0.29, 0.717) is 0 Å². The molecule has 0 N–H and O–H groups in total.